The van der Waals surface area contributed by atoms with E-state index in [-0.39, 0.29) is 28.2 Å². The van der Waals surface area contributed by atoms with Gasteiger partial charge in [0.1, 0.15) is 11.6 Å². The molecule has 3 aromatic carbocycles. The van der Waals surface area contributed by atoms with Gasteiger partial charge in [0, 0.05) is 6.07 Å². The predicted molar refractivity (Wildman–Crippen MR) is 153 cm³/mol. The van der Waals surface area contributed by atoms with E-state index >= 15 is 0 Å². The van der Waals surface area contributed by atoms with E-state index in [4.69, 9.17) is 9.47 Å². The maximum atomic E-state index is 13.8. The van der Waals surface area contributed by atoms with Crippen molar-refractivity contribution in [3.05, 3.63) is 135 Å². The lowest BCUT2D eigenvalue weighted by molar-refractivity contribution is -0.394. The number of nitro groups is 2. The van der Waals surface area contributed by atoms with Crippen LogP contribution in [0.1, 0.15) is 31.0 Å². The molecule has 4 aromatic rings. The number of fused-ring (bicyclic) bond motifs is 1. The van der Waals surface area contributed by atoms with Crippen molar-refractivity contribution in [1.82, 2.24) is 4.57 Å². The Labute approximate surface area is 245 Å². The number of hydrogen-bond donors (Lipinski definition) is 0. The van der Waals surface area contributed by atoms with Crippen LogP contribution in [-0.4, -0.2) is 27.0 Å². The molecule has 0 saturated heterocycles. The third-order valence-electron chi connectivity index (χ3n) is 6.44. The molecule has 0 saturated carbocycles. The van der Waals surface area contributed by atoms with Gasteiger partial charge < -0.3 is 9.47 Å². The zero-order valence-corrected chi connectivity index (χ0v) is 23.4. The standard InChI is InChI=1S/C29H21FN4O8S/c1-3-41-28(36)25-16(2)31-29-32(26(25)18-7-9-19(30)10-8-18)27(35)24(43-29)14-17-5-4-6-21(13-17)42-23-12-11-20(33(37)38)15-22(23)34(39)40/h4-15,26H,3H2,1-2H3/b24-14+/t26-/m0/s1. The van der Waals surface area contributed by atoms with Crippen molar-refractivity contribution in [3.63, 3.8) is 0 Å². The van der Waals surface area contributed by atoms with Gasteiger partial charge in [-0.1, -0.05) is 35.6 Å². The lowest BCUT2D eigenvalue weighted by Gasteiger charge is -2.24. The molecule has 43 heavy (non-hydrogen) atoms. The first-order valence-electron chi connectivity index (χ1n) is 12.7. The van der Waals surface area contributed by atoms with Crippen molar-refractivity contribution in [2.45, 2.75) is 19.9 Å². The molecule has 5 rings (SSSR count). The summed E-state index contributed by atoms with van der Waals surface area (Å²) in [5.74, 6) is -1.13. The highest BCUT2D eigenvalue weighted by Crippen LogP contribution is 2.35. The van der Waals surface area contributed by atoms with Crippen molar-refractivity contribution in [2.75, 3.05) is 6.61 Å². The van der Waals surface area contributed by atoms with Gasteiger partial charge in [0.2, 0.25) is 5.75 Å². The number of aromatic nitrogens is 1. The highest BCUT2D eigenvalue weighted by molar-refractivity contribution is 7.07. The Morgan fingerprint density at radius 2 is 1.84 bits per heavy atom. The number of non-ortho nitro benzene ring substituents is 1. The molecule has 2 heterocycles. The Morgan fingerprint density at radius 3 is 2.51 bits per heavy atom. The third-order valence-corrected chi connectivity index (χ3v) is 7.42. The Hall–Kier alpha value is -5.50. The fourth-order valence-corrected chi connectivity index (χ4v) is 5.59. The smallest absolute Gasteiger partial charge is 0.338 e. The molecule has 0 radical (unpaired) electrons. The van der Waals surface area contributed by atoms with Crippen LogP contribution in [0.3, 0.4) is 0 Å². The Morgan fingerprint density at radius 1 is 1.09 bits per heavy atom. The van der Waals surface area contributed by atoms with E-state index in [2.05, 4.69) is 4.99 Å². The first-order valence-corrected chi connectivity index (χ1v) is 13.5. The zero-order valence-electron chi connectivity index (χ0n) is 22.6. The summed E-state index contributed by atoms with van der Waals surface area (Å²) < 4.78 is 26.3. The minimum absolute atomic E-state index is 0.109. The second-order valence-corrected chi connectivity index (χ2v) is 10.2. The van der Waals surface area contributed by atoms with E-state index in [0.29, 0.717) is 21.6 Å². The molecule has 0 spiro atoms. The summed E-state index contributed by atoms with van der Waals surface area (Å²) in [7, 11) is 0. The lowest BCUT2D eigenvalue weighted by Crippen LogP contribution is -2.39. The number of nitro benzene ring substituents is 2. The zero-order chi connectivity index (χ0) is 30.8. The average Bonchev–Trinajstić information content (AvgIpc) is 3.26. The summed E-state index contributed by atoms with van der Waals surface area (Å²) in [5, 5.41) is 22.5. The second-order valence-electron chi connectivity index (χ2n) is 9.19. The molecule has 0 aliphatic carbocycles. The quantitative estimate of drug-likeness (QED) is 0.161. The van der Waals surface area contributed by atoms with Crippen LogP contribution in [0.25, 0.3) is 6.08 Å². The summed E-state index contributed by atoms with van der Waals surface area (Å²) in [6.07, 6.45) is 1.58. The number of ether oxygens (including phenoxy) is 2. The van der Waals surface area contributed by atoms with E-state index in [1.165, 1.54) is 41.0 Å². The maximum absolute atomic E-state index is 13.8. The van der Waals surface area contributed by atoms with Gasteiger partial charge >= 0.3 is 11.7 Å². The number of carbonyl (C=O) groups is 1. The summed E-state index contributed by atoms with van der Waals surface area (Å²) in [6, 6.07) is 14.0. The minimum atomic E-state index is -0.907. The van der Waals surface area contributed by atoms with E-state index in [0.717, 1.165) is 29.5 Å². The van der Waals surface area contributed by atoms with Crippen LogP contribution in [-0.2, 0) is 9.53 Å². The van der Waals surface area contributed by atoms with Gasteiger partial charge in [0.25, 0.3) is 11.2 Å². The molecule has 14 heteroatoms. The Kier molecular flexibility index (Phi) is 7.94. The minimum Gasteiger partial charge on any atom is -0.463 e. The lowest BCUT2D eigenvalue weighted by atomic mass is 9.96. The van der Waals surface area contributed by atoms with E-state index < -0.39 is 44.6 Å². The number of halogens is 1. The molecule has 1 aromatic heterocycles. The van der Waals surface area contributed by atoms with Crippen molar-refractivity contribution in [3.8, 4) is 11.5 Å². The number of nitrogens with zero attached hydrogens (tertiary/aromatic N) is 4. The van der Waals surface area contributed by atoms with Crippen LogP contribution in [0.15, 0.2) is 87.8 Å². The fraction of sp³-hybridized carbons (Fsp3) is 0.138. The van der Waals surface area contributed by atoms with Crippen LogP contribution in [0.4, 0.5) is 15.8 Å². The van der Waals surface area contributed by atoms with E-state index in [9.17, 15) is 34.2 Å². The summed E-state index contributed by atoms with van der Waals surface area (Å²) >= 11 is 1.08. The van der Waals surface area contributed by atoms with Crippen molar-refractivity contribution < 1.29 is 28.5 Å². The van der Waals surface area contributed by atoms with Gasteiger partial charge in [0.15, 0.2) is 4.80 Å². The van der Waals surface area contributed by atoms with Crippen LogP contribution in [0, 0.1) is 26.0 Å². The average molecular weight is 605 g/mol. The number of carbonyl (C=O) groups excluding carboxylic acids is 1. The van der Waals surface area contributed by atoms with Crippen molar-refractivity contribution in [1.29, 1.82) is 0 Å². The van der Waals surface area contributed by atoms with Gasteiger partial charge in [-0.15, -0.1) is 0 Å². The molecule has 0 N–H and O–H groups in total. The monoisotopic (exact) mass is 604 g/mol. The Balaban J connectivity index is 1.57. The van der Waals surface area contributed by atoms with E-state index in [1.807, 2.05) is 0 Å². The number of benzene rings is 3. The molecule has 0 fully saturated rings. The summed E-state index contributed by atoms with van der Waals surface area (Å²) in [5.41, 5.74) is 0.0290. The molecule has 0 unspecified atom stereocenters. The van der Waals surface area contributed by atoms with Crippen molar-refractivity contribution >= 4 is 34.8 Å². The molecule has 0 amide bonds. The SMILES string of the molecule is CCOC(=O)C1=C(C)N=c2s/c(=C/c3cccc(Oc4ccc([N+](=O)[O-])cc4[N+](=O)[O-])c3)c(=O)n2[C@H]1c1ccc(F)cc1. The van der Waals surface area contributed by atoms with Crippen LogP contribution >= 0.6 is 11.3 Å². The first kappa shape index (κ1) is 29.0. The molecule has 0 bridgehead atoms. The molecule has 1 atom stereocenters. The highest BCUT2D eigenvalue weighted by atomic mass is 32.1. The van der Waals surface area contributed by atoms with Crippen LogP contribution in [0.2, 0.25) is 0 Å². The van der Waals surface area contributed by atoms with Crippen molar-refractivity contribution in [2.24, 2.45) is 4.99 Å². The Bertz CT molecular complexity index is 2000. The first-order chi connectivity index (χ1) is 20.6. The normalized spacial score (nSPS) is 14.6. The topological polar surface area (TPSA) is 156 Å². The third kappa shape index (κ3) is 5.81. The highest BCUT2D eigenvalue weighted by Gasteiger charge is 2.33. The molecule has 218 valence electrons. The number of rotatable bonds is 8. The number of allylic oxidation sites excluding steroid dienone is 1. The van der Waals surface area contributed by atoms with Gasteiger partial charge in [0.05, 0.1) is 44.4 Å². The van der Waals surface area contributed by atoms with Gasteiger partial charge in [-0.3, -0.25) is 29.6 Å². The maximum Gasteiger partial charge on any atom is 0.338 e. The molecular weight excluding hydrogens is 583 g/mol. The van der Waals surface area contributed by atoms with Crippen LogP contribution in [0.5, 0.6) is 11.5 Å². The number of thiazole rings is 1. The summed E-state index contributed by atoms with van der Waals surface area (Å²) in [6.45, 7) is 3.41. The number of esters is 1. The fourth-order valence-electron chi connectivity index (χ4n) is 4.55. The van der Waals surface area contributed by atoms with Gasteiger partial charge in [-0.25, -0.2) is 14.2 Å². The number of hydrogen-bond acceptors (Lipinski definition) is 10. The van der Waals surface area contributed by atoms with Gasteiger partial charge in [-0.2, -0.15) is 0 Å². The molecular formula is C29H21FN4O8S. The van der Waals surface area contributed by atoms with E-state index in [1.54, 1.807) is 32.1 Å². The largest absolute Gasteiger partial charge is 0.463 e. The molecule has 1 aliphatic rings. The van der Waals surface area contributed by atoms with Crippen LogP contribution < -0.4 is 19.6 Å². The predicted octanol–water partition coefficient (Wildman–Crippen LogP) is 4.55. The summed E-state index contributed by atoms with van der Waals surface area (Å²) in [4.78, 5) is 52.6. The second kappa shape index (κ2) is 11.8. The molecule has 1 aliphatic heterocycles. The van der Waals surface area contributed by atoms with Gasteiger partial charge in [-0.05, 0) is 61.4 Å². The molecule has 12 nitrogen and oxygen atoms in total.